The van der Waals surface area contributed by atoms with E-state index in [0.29, 0.717) is 0 Å². The Labute approximate surface area is 95.5 Å². The first-order valence-corrected chi connectivity index (χ1v) is 6.39. The third-order valence-corrected chi connectivity index (χ3v) is 3.63. The summed E-state index contributed by atoms with van der Waals surface area (Å²) < 4.78 is 0. The summed E-state index contributed by atoms with van der Waals surface area (Å²) in [5, 5.41) is 0. The summed E-state index contributed by atoms with van der Waals surface area (Å²) in [5.41, 5.74) is 3.05. The van der Waals surface area contributed by atoms with Gasteiger partial charge in [-0.05, 0) is 51.9 Å². The normalized spacial score (nSPS) is 27.6. The van der Waals surface area contributed by atoms with Gasteiger partial charge in [-0.2, -0.15) is 0 Å². The molecule has 1 rings (SSSR count). The summed E-state index contributed by atoms with van der Waals surface area (Å²) in [7, 11) is 0. The summed E-state index contributed by atoms with van der Waals surface area (Å²) >= 11 is 0. The van der Waals surface area contributed by atoms with Gasteiger partial charge in [0, 0.05) is 0 Å². The highest BCUT2D eigenvalue weighted by molar-refractivity contribution is 5.08. The molecule has 0 aromatic heterocycles. The van der Waals surface area contributed by atoms with Crippen LogP contribution >= 0.6 is 0 Å². The van der Waals surface area contributed by atoms with Crippen LogP contribution in [0.15, 0.2) is 23.3 Å². The zero-order chi connectivity index (χ0) is 11.3. The van der Waals surface area contributed by atoms with E-state index in [1.165, 1.54) is 31.3 Å². The maximum atomic E-state index is 2.42. The Balaban J connectivity index is 2.39. The fourth-order valence-corrected chi connectivity index (χ4v) is 2.36. The lowest BCUT2D eigenvalue weighted by atomic mass is 9.79. The third-order valence-electron chi connectivity index (χ3n) is 3.63. The Morgan fingerprint density at radius 2 is 1.60 bits per heavy atom. The van der Waals surface area contributed by atoms with Gasteiger partial charge in [-0.15, -0.1) is 0 Å². The molecule has 0 nitrogen and oxygen atoms in total. The zero-order valence-electron chi connectivity index (χ0n) is 10.8. The fourth-order valence-electron chi connectivity index (χ4n) is 2.36. The van der Waals surface area contributed by atoms with Gasteiger partial charge in [0.15, 0.2) is 0 Å². The molecule has 0 N–H and O–H groups in total. The van der Waals surface area contributed by atoms with Gasteiger partial charge in [0.2, 0.25) is 0 Å². The molecule has 0 spiro atoms. The predicted molar refractivity (Wildman–Crippen MR) is 68.9 cm³/mol. The number of allylic oxidation sites excluding steroid dienone is 4. The third kappa shape index (κ3) is 4.68. The van der Waals surface area contributed by atoms with Crippen molar-refractivity contribution in [2.45, 2.75) is 59.8 Å². The maximum absolute atomic E-state index is 2.42. The largest absolute Gasteiger partial charge is 0.0821 e. The van der Waals surface area contributed by atoms with Crippen LogP contribution in [0.5, 0.6) is 0 Å². The van der Waals surface area contributed by atoms with Gasteiger partial charge in [-0.3, -0.25) is 0 Å². The standard InChI is InChI=1S/C15H26/c1-12(2)6-5-7-14(4)15-10-8-13(3)9-11-15/h6-7,13,15H,5,8-11H2,1-4H3/b14-7+. The van der Waals surface area contributed by atoms with Crippen molar-refractivity contribution in [2.75, 3.05) is 0 Å². The van der Waals surface area contributed by atoms with E-state index in [9.17, 15) is 0 Å². The molecule has 0 atom stereocenters. The summed E-state index contributed by atoms with van der Waals surface area (Å²) in [4.78, 5) is 0. The molecule has 0 amide bonds. The van der Waals surface area contributed by atoms with Crippen molar-refractivity contribution in [1.29, 1.82) is 0 Å². The molecule has 0 aromatic rings. The minimum absolute atomic E-state index is 0.881. The van der Waals surface area contributed by atoms with Crippen LogP contribution in [-0.4, -0.2) is 0 Å². The first-order valence-electron chi connectivity index (χ1n) is 6.39. The van der Waals surface area contributed by atoms with Crippen molar-refractivity contribution in [1.82, 2.24) is 0 Å². The average molecular weight is 206 g/mol. The molecular weight excluding hydrogens is 180 g/mol. The average Bonchev–Trinajstić information content (AvgIpc) is 2.18. The lowest BCUT2D eigenvalue weighted by Crippen LogP contribution is -2.13. The van der Waals surface area contributed by atoms with Crippen molar-refractivity contribution in [2.24, 2.45) is 11.8 Å². The number of hydrogen-bond donors (Lipinski definition) is 0. The number of hydrogen-bond acceptors (Lipinski definition) is 0. The van der Waals surface area contributed by atoms with Gasteiger partial charge in [-0.25, -0.2) is 0 Å². The summed E-state index contributed by atoms with van der Waals surface area (Å²) in [6, 6.07) is 0. The highest BCUT2D eigenvalue weighted by Gasteiger charge is 2.18. The second-order valence-corrected chi connectivity index (χ2v) is 5.42. The van der Waals surface area contributed by atoms with E-state index in [2.05, 4.69) is 39.8 Å². The van der Waals surface area contributed by atoms with E-state index in [-0.39, 0.29) is 0 Å². The van der Waals surface area contributed by atoms with Gasteiger partial charge < -0.3 is 0 Å². The molecule has 0 aliphatic heterocycles. The van der Waals surface area contributed by atoms with Crippen LogP contribution in [0.4, 0.5) is 0 Å². The van der Waals surface area contributed by atoms with E-state index in [0.717, 1.165) is 18.3 Å². The van der Waals surface area contributed by atoms with Crippen molar-refractivity contribution in [3.05, 3.63) is 23.3 Å². The van der Waals surface area contributed by atoms with Crippen LogP contribution in [0.25, 0.3) is 0 Å². The lowest BCUT2D eigenvalue weighted by molar-refractivity contribution is 0.320. The molecule has 86 valence electrons. The SMILES string of the molecule is CC(C)=CC/C=C(\C)C1CCC(C)CC1. The molecule has 0 unspecified atom stereocenters. The van der Waals surface area contributed by atoms with Crippen molar-refractivity contribution in [3.63, 3.8) is 0 Å². The topological polar surface area (TPSA) is 0 Å². The Hall–Kier alpha value is -0.520. The predicted octanol–water partition coefficient (Wildman–Crippen LogP) is 5.12. The Bertz CT molecular complexity index is 233. The highest BCUT2D eigenvalue weighted by Crippen LogP contribution is 2.32. The van der Waals surface area contributed by atoms with Gasteiger partial charge in [0.05, 0.1) is 0 Å². The fraction of sp³-hybridized carbons (Fsp3) is 0.733. The molecular formula is C15H26. The smallest absolute Gasteiger partial charge is 0.0164 e. The molecule has 0 aromatic carbocycles. The molecule has 0 bridgehead atoms. The van der Waals surface area contributed by atoms with E-state index in [1.807, 2.05) is 0 Å². The Morgan fingerprint density at radius 1 is 1.00 bits per heavy atom. The lowest BCUT2D eigenvalue weighted by Gasteiger charge is -2.26. The first-order chi connectivity index (χ1) is 7.09. The van der Waals surface area contributed by atoms with E-state index in [1.54, 1.807) is 5.57 Å². The maximum Gasteiger partial charge on any atom is -0.0164 e. The number of rotatable bonds is 3. The summed E-state index contributed by atoms with van der Waals surface area (Å²) in [6.07, 6.45) is 11.6. The molecule has 0 saturated heterocycles. The highest BCUT2D eigenvalue weighted by atomic mass is 14.2. The summed E-state index contributed by atoms with van der Waals surface area (Å²) in [6.45, 7) is 9.05. The molecule has 15 heavy (non-hydrogen) atoms. The second kappa shape index (κ2) is 6.15. The Morgan fingerprint density at radius 3 is 2.13 bits per heavy atom. The molecule has 0 heterocycles. The Kier molecular flexibility index (Phi) is 5.14. The van der Waals surface area contributed by atoms with Crippen molar-refractivity contribution in [3.8, 4) is 0 Å². The van der Waals surface area contributed by atoms with Crippen LogP contribution in [0.1, 0.15) is 59.8 Å². The molecule has 0 radical (unpaired) electrons. The van der Waals surface area contributed by atoms with Crippen LogP contribution in [0, 0.1) is 11.8 Å². The van der Waals surface area contributed by atoms with Gasteiger partial charge in [0.25, 0.3) is 0 Å². The monoisotopic (exact) mass is 206 g/mol. The molecule has 1 aliphatic rings. The van der Waals surface area contributed by atoms with Crippen LogP contribution < -0.4 is 0 Å². The minimum atomic E-state index is 0.881. The van der Waals surface area contributed by atoms with Crippen LogP contribution in [0.3, 0.4) is 0 Å². The zero-order valence-corrected chi connectivity index (χ0v) is 10.8. The van der Waals surface area contributed by atoms with Crippen molar-refractivity contribution < 1.29 is 0 Å². The first kappa shape index (κ1) is 12.5. The van der Waals surface area contributed by atoms with E-state index in [4.69, 9.17) is 0 Å². The molecule has 1 saturated carbocycles. The van der Waals surface area contributed by atoms with Crippen LogP contribution in [0.2, 0.25) is 0 Å². The minimum Gasteiger partial charge on any atom is -0.0821 e. The summed E-state index contributed by atoms with van der Waals surface area (Å²) in [5.74, 6) is 1.85. The van der Waals surface area contributed by atoms with Gasteiger partial charge in [-0.1, -0.05) is 43.1 Å². The van der Waals surface area contributed by atoms with Gasteiger partial charge in [0.1, 0.15) is 0 Å². The molecule has 1 aliphatic carbocycles. The quantitative estimate of drug-likeness (QED) is 0.562. The van der Waals surface area contributed by atoms with E-state index < -0.39 is 0 Å². The van der Waals surface area contributed by atoms with Crippen molar-refractivity contribution >= 4 is 0 Å². The van der Waals surface area contributed by atoms with Gasteiger partial charge >= 0.3 is 0 Å². The second-order valence-electron chi connectivity index (χ2n) is 5.42. The molecule has 1 fully saturated rings. The molecule has 0 heteroatoms. The van der Waals surface area contributed by atoms with Crippen LogP contribution in [-0.2, 0) is 0 Å². The van der Waals surface area contributed by atoms with E-state index >= 15 is 0 Å².